The molecule has 0 radical (unpaired) electrons. The molecule has 6 heteroatoms. The van der Waals surface area contributed by atoms with Gasteiger partial charge in [-0.1, -0.05) is 29.8 Å². The fourth-order valence-electron chi connectivity index (χ4n) is 2.20. The molecule has 0 saturated carbocycles. The molecule has 0 saturated heterocycles. The molecule has 24 heavy (non-hydrogen) atoms. The number of amides is 1. The fourth-order valence-corrected chi connectivity index (χ4v) is 2.38. The minimum absolute atomic E-state index is 0.0806. The van der Waals surface area contributed by atoms with Gasteiger partial charge in [0.15, 0.2) is 11.5 Å². The normalized spacial score (nSPS) is 10.3. The SMILES string of the molecule is COc1ccc(CNCCC(=O)Nc2ccccc2Cl)cc1OC. The molecule has 5 nitrogen and oxygen atoms in total. The van der Waals surface area contributed by atoms with Crippen molar-refractivity contribution in [3.8, 4) is 11.5 Å². The van der Waals surface area contributed by atoms with Gasteiger partial charge in [0.1, 0.15) is 0 Å². The average molecular weight is 349 g/mol. The van der Waals surface area contributed by atoms with Gasteiger partial charge in [0, 0.05) is 19.5 Å². The van der Waals surface area contributed by atoms with E-state index in [2.05, 4.69) is 10.6 Å². The lowest BCUT2D eigenvalue weighted by Crippen LogP contribution is -2.21. The molecule has 0 aliphatic rings. The number of hydrogen-bond donors (Lipinski definition) is 2. The second-order valence-electron chi connectivity index (χ2n) is 5.14. The predicted molar refractivity (Wildman–Crippen MR) is 96.0 cm³/mol. The van der Waals surface area contributed by atoms with E-state index in [1.165, 1.54) is 0 Å². The standard InChI is InChI=1S/C18H21ClN2O3/c1-23-16-8-7-13(11-17(16)24-2)12-20-10-9-18(22)21-15-6-4-3-5-14(15)19/h3-8,11,20H,9-10,12H2,1-2H3,(H,21,22). The predicted octanol–water partition coefficient (Wildman–Crippen LogP) is 3.48. The molecule has 2 aromatic rings. The second kappa shape index (κ2) is 9.15. The van der Waals surface area contributed by atoms with Gasteiger partial charge in [-0.2, -0.15) is 0 Å². The Bertz CT molecular complexity index is 692. The topological polar surface area (TPSA) is 59.6 Å². The van der Waals surface area contributed by atoms with Gasteiger partial charge in [-0.15, -0.1) is 0 Å². The van der Waals surface area contributed by atoms with Crippen LogP contribution in [0.3, 0.4) is 0 Å². The lowest BCUT2D eigenvalue weighted by atomic mass is 10.2. The number of halogens is 1. The average Bonchev–Trinajstić information content (AvgIpc) is 2.60. The third-order valence-electron chi connectivity index (χ3n) is 3.45. The molecule has 2 aromatic carbocycles. The number of carbonyl (C=O) groups excluding carboxylic acids is 1. The van der Waals surface area contributed by atoms with Gasteiger partial charge >= 0.3 is 0 Å². The summed E-state index contributed by atoms with van der Waals surface area (Å²) in [5.41, 5.74) is 1.68. The Morgan fingerprint density at radius 1 is 1.08 bits per heavy atom. The van der Waals surface area contributed by atoms with Crippen LogP contribution in [-0.2, 0) is 11.3 Å². The maximum absolute atomic E-state index is 11.9. The van der Waals surface area contributed by atoms with E-state index in [0.717, 1.165) is 5.56 Å². The maximum atomic E-state index is 11.9. The summed E-state index contributed by atoms with van der Waals surface area (Å²) in [5, 5.41) is 6.56. The van der Waals surface area contributed by atoms with Crippen molar-refractivity contribution in [2.45, 2.75) is 13.0 Å². The summed E-state index contributed by atoms with van der Waals surface area (Å²) in [5.74, 6) is 1.30. The number of anilines is 1. The Hall–Kier alpha value is -2.24. The lowest BCUT2D eigenvalue weighted by molar-refractivity contribution is -0.116. The molecular weight excluding hydrogens is 328 g/mol. The Balaban J connectivity index is 1.76. The highest BCUT2D eigenvalue weighted by molar-refractivity contribution is 6.33. The van der Waals surface area contributed by atoms with Crippen molar-refractivity contribution >= 4 is 23.2 Å². The maximum Gasteiger partial charge on any atom is 0.225 e. The molecule has 0 fully saturated rings. The van der Waals surface area contributed by atoms with Crippen molar-refractivity contribution in [1.82, 2.24) is 5.32 Å². The van der Waals surface area contributed by atoms with Crippen LogP contribution >= 0.6 is 11.6 Å². The minimum atomic E-state index is -0.0806. The van der Waals surface area contributed by atoms with E-state index in [1.807, 2.05) is 30.3 Å². The Morgan fingerprint density at radius 2 is 1.83 bits per heavy atom. The number of nitrogens with one attached hydrogen (secondary N) is 2. The summed E-state index contributed by atoms with van der Waals surface area (Å²) in [6.07, 6.45) is 0.360. The smallest absolute Gasteiger partial charge is 0.225 e. The number of methoxy groups -OCH3 is 2. The zero-order chi connectivity index (χ0) is 17.4. The van der Waals surface area contributed by atoms with Crippen LogP contribution in [0.4, 0.5) is 5.69 Å². The first kappa shape index (κ1) is 18.1. The monoisotopic (exact) mass is 348 g/mol. The molecule has 0 bridgehead atoms. The van der Waals surface area contributed by atoms with Crippen molar-refractivity contribution < 1.29 is 14.3 Å². The van der Waals surface area contributed by atoms with Crippen molar-refractivity contribution in [3.05, 3.63) is 53.1 Å². The summed E-state index contributed by atoms with van der Waals surface area (Å²) in [4.78, 5) is 11.9. The zero-order valence-corrected chi connectivity index (χ0v) is 14.5. The first-order chi connectivity index (χ1) is 11.6. The van der Waals surface area contributed by atoms with Crippen molar-refractivity contribution in [2.75, 3.05) is 26.1 Å². The summed E-state index contributed by atoms with van der Waals surface area (Å²) >= 11 is 6.01. The number of carbonyl (C=O) groups is 1. The highest BCUT2D eigenvalue weighted by atomic mass is 35.5. The van der Waals surface area contributed by atoms with Gasteiger partial charge in [0.25, 0.3) is 0 Å². The van der Waals surface area contributed by atoms with Crippen molar-refractivity contribution in [2.24, 2.45) is 0 Å². The zero-order valence-electron chi connectivity index (χ0n) is 13.8. The molecule has 0 aliphatic carbocycles. The molecule has 2 N–H and O–H groups in total. The first-order valence-electron chi connectivity index (χ1n) is 7.60. The molecular formula is C18H21ClN2O3. The van der Waals surface area contributed by atoms with Gasteiger partial charge in [-0.25, -0.2) is 0 Å². The summed E-state index contributed by atoms with van der Waals surface area (Å²) in [7, 11) is 3.21. The Morgan fingerprint density at radius 3 is 2.54 bits per heavy atom. The number of rotatable bonds is 8. The van der Waals surface area contributed by atoms with E-state index in [9.17, 15) is 4.79 Å². The van der Waals surface area contributed by atoms with E-state index >= 15 is 0 Å². The first-order valence-corrected chi connectivity index (χ1v) is 7.98. The van der Waals surface area contributed by atoms with Gasteiger partial charge in [0.05, 0.1) is 24.9 Å². The number of ether oxygens (including phenoxy) is 2. The molecule has 2 rings (SSSR count). The number of hydrogen-bond acceptors (Lipinski definition) is 4. The summed E-state index contributed by atoms with van der Waals surface area (Å²) in [6, 6.07) is 12.9. The number of para-hydroxylation sites is 1. The molecule has 128 valence electrons. The van der Waals surface area contributed by atoms with Crippen LogP contribution in [-0.4, -0.2) is 26.7 Å². The second-order valence-corrected chi connectivity index (χ2v) is 5.55. The van der Waals surface area contributed by atoms with Crippen LogP contribution in [0.5, 0.6) is 11.5 Å². The lowest BCUT2D eigenvalue weighted by Gasteiger charge is -2.10. The highest BCUT2D eigenvalue weighted by Gasteiger charge is 2.06. The van der Waals surface area contributed by atoms with Gasteiger partial charge < -0.3 is 20.1 Å². The Kier molecular flexibility index (Phi) is 6.90. The van der Waals surface area contributed by atoms with Crippen molar-refractivity contribution in [3.63, 3.8) is 0 Å². The van der Waals surface area contributed by atoms with E-state index in [1.54, 1.807) is 26.4 Å². The third kappa shape index (κ3) is 5.15. The molecule has 1 amide bonds. The molecule has 0 atom stereocenters. The summed E-state index contributed by atoms with van der Waals surface area (Å²) in [6.45, 7) is 1.20. The fraction of sp³-hybridized carbons (Fsp3) is 0.278. The van der Waals surface area contributed by atoms with Gasteiger partial charge in [-0.05, 0) is 29.8 Å². The molecule has 0 heterocycles. The van der Waals surface area contributed by atoms with E-state index in [-0.39, 0.29) is 5.91 Å². The quantitative estimate of drug-likeness (QED) is 0.717. The third-order valence-corrected chi connectivity index (χ3v) is 3.78. The minimum Gasteiger partial charge on any atom is -0.493 e. The van der Waals surface area contributed by atoms with Crippen LogP contribution in [0.15, 0.2) is 42.5 Å². The molecule has 0 aromatic heterocycles. The van der Waals surface area contributed by atoms with Crippen LogP contribution in [0, 0.1) is 0 Å². The van der Waals surface area contributed by atoms with Crippen LogP contribution in [0.1, 0.15) is 12.0 Å². The van der Waals surface area contributed by atoms with E-state index < -0.39 is 0 Å². The molecule has 0 aliphatic heterocycles. The number of benzene rings is 2. The van der Waals surface area contributed by atoms with Crippen LogP contribution in [0.2, 0.25) is 5.02 Å². The van der Waals surface area contributed by atoms with Gasteiger partial charge in [-0.3, -0.25) is 4.79 Å². The summed E-state index contributed by atoms with van der Waals surface area (Å²) < 4.78 is 10.5. The molecule has 0 unspecified atom stereocenters. The van der Waals surface area contributed by atoms with Gasteiger partial charge in [0.2, 0.25) is 5.91 Å². The van der Waals surface area contributed by atoms with Crippen molar-refractivity contribution in [1.29, 1.82) is 0 Å². The van der Waals surface area contributed by atoms with Crippen LogP contribution in [0.25, 0.3) is 0 Å². The highest BCUT2D eigenvalue weighted by Crippen LogP contribution is 2.27. The van der Waals surface area contributed by atoms with E-state index in [4.69, 9.17) is 21.1 Å². The largest absolute Gasteiger partial charge is 0.493 e. The van der Waals surface area contributed by atoms with E-state index in [0.29, 0.717) is 41.7 Å². The Labute approximate surface area is 146 Å². The molecule has 0 spiro atoms. The van der Waals surface area contributed by atoms with Crippen LogP contribution < -0.4 is 20.1 Å².